The van der Waals surface area contributed by atoms with Crippen LogP contribution in [0.4, 0.5) is 10.7 Å². The second-order valence-electron chi connectivity index (χ2n) is 4.91. The van der Waals surface area contributed by atoms with Crippen molar-refractivity contribution in [2.75, 3.05) is 31.3 Å². The highest BCUT2D eigenvalue weighted by atomic mass is 32.1. The molecule has 21 heavy (non-hydrogen) atoms. The topological polar surface area (TPSA) is 117 Å². The number of esters is 1. The number of thiophene rings is 1. The van der Waals surface area contributed by atoms with Gasteiger partial charge in [-0.2, -0.15) is 0 Å². The first-order chi connectivity index (χ1) is 9.95. The highest BCUT2D eigenvalue weighted by Gasteiger charge is 2.27. The molecule has 2 atom stereocenters. The molecule has 0 radical (unpaired) electrons. The van der Waals surface area contributed by atoms with Gasteiger partial charge in [-0.25, -0.2) is 4.79 Å². The number of rotatable bonds is 5. The lowest BCUT2D eigenvalue weighted by molar-refractivity contribution is 0.0607. The molecule has 0 saturated carbocycles. The van der Waals surface area contributed by atoms with Gasteiger partial charge in [0.15, 0.2) is 0 Å². The zero-order valence-corrected chi connectivity index (χ0v) is 12.8. The summed E-state index contributed by atoms with van der Waals surface area (Å²) in [4.78, 5) is 23.4. The molecule has 0 aliphatic carbocycles. The zero-order valence-electron chi connectivity index (χ0n) is 12.0. The maximum absolute atomic E-state index is 11.6. The van der Waals surface area contributed by atoms with Gasteiger partial charge in [0.1, 0.15) is 9.88 Å². The summed E-state index contributed by atoms with van der Waals surface area (Å²) in [5.74, 6) is -0.904. The molecule has 1 saturated heterocycles. The monoisotopic (exact) mass is 313 g/mol. The molecule has 2 heterocycles. The molecule has 0 aromatic carbocycles. The number of methoxy groups -OCH3 is 1. The predicted molar refractivity (Wildman–Crippen MR) is 80.6 cm³/mol. The Bertz CT molecular complexity index is 558. The van der Waals surface area contributed by atoms with Crippen LogP contribution in [0.1, 0.15) is 33.4 Å². The first-order valence-electron chi connectivity index (χ1n) is 6.61. The van der Waals surface area contributed by atoms with Gasteiger partial charge in [0.2, 0.25) is 0 Å². The quantitative estimate of drug-likeness (QED) is 0.700. The molecule has 1 amide bonds. The van der Waals surface area contributed by atoms with Crippen molar-refractivity contribution in [3.8, 4) is 0 Å². The maximum atomic E-state index is 11.6. The van der Waals surface area contributed by atoms with Gasteiger partial charge in [-0.1, -0.05) is 0 Å². The Kier molecular flexibility index (Phi) is 4.69. The SMILES string of the molecule is COC(=O)c1sc(NCC2CCOC2C)c(C(N)=O)c1N. The molecule has 1 aliphatic rings. The Morgan fingerprint density at radius 3 is 2.76 bits per heavy atom. The van der Waals surface area contributed by atoms with Crippen molar-refractivity contribution in [1.82, 2.24) is 0 Å². The summed E-state index contributed by atoms with van der Waals surface area (Å²) >= 11 is 1.08. The molecule has 1 fully saturated rings. The van der Waals surface area contributed by atoms with Crippen LogP contribution in [0.25, 0.3) is 0 Å². The largest absolute Gasteiger partial charge is 0.465 e. The van der Waals surface area contributed by atoms with Crippen molar-refractivity contribution in [3.05, 3.63) is 10.4 Å². The third-order valence-electron chi connectivity index (χ3n) is 3.62. The third kappa shape index (κ3) is 3.11. The average molecular weight is 313 g/mol. The number of ether oxygens (including phenoxy) is 2. The molecule has 7 nitrogen and oxygen atoms in total. The van der Waals surface area contributed by atoms with Gasteiger partial charge in [0, 0.05) is 19.1 Å². The molecule has 2 rings (SSSR count). The van der Waals surface area contributed by atoms with E-state index in [-0.39, 0.29) is 22.2 Å². The van der Waals surface area contributed by atoms with Gasteiger partial charge in [-0.15, -0.1) is 11.3 Å². The Morgan fingerprint density at radius 1 is 1.52 bits per heavy atom. The molecular weight excluding hydrogens is 294 g/mol. The van der Waals surface area contributed by atoms with Gasteiger partial charge in [-0.3, -0.25) is 4.79 Å². The molecule has 116 valence electrons. The van der Waals surface area contributed by atoms with Crippen LogP contribution >= 0.6 is 11.3 Å². The molecule has 5 N–H and O–H groups in total. The van der Waals surface area contributed by atoms with E-state index in [1.165, 1.54) is 7.11 Å². The standard InChI is InChI=1S/C13H19N3O4S/c1-6-7(3-4-20-6)5-16-12-8(11(15)17)9(14)10(21-12)13(18)19-2/h6-7,16H,3-5,14H2,1-2H3,(H2,15,17). The van der Waals surface area contributed by atoms with Crippen LogP contribution in [0.3, 0.4) is 0 Å². The minimum atomic E-state index is -0.669. The Morgan fingerprint density at radius 2 is 2.24 bits per heavy atom. The van der Waals surface area contributed by atoms with E-state index in [1.54, 1.807) is 0 Å². The van der Waals surface area contributed by atoms with Crippen molar-refractivity contribution in [2.45, 2.75) is 19.4 Å². The van der Waals surface area contributed by atoms with Gasteiger partial charge < -0.3 is 26.3 Å². The Labute approximate surface area is 126 Å². The molecule has 1 aliphatic heterocycles. The number of carbonyl (C=O) groups is 2. The van der Waals surface area contributed by atoms with E-state index in [9.17, 15) is 9.59 Å². The summed E-state index contributed by atoms with van der Waals surface area (Å²) in [7, 11) is 1.26. The Balaban J connectivity index is 2.21. The number of nitrogen functional groups attached to an aromatic ring is 1. The van der Waals surface area contributed by atoms with E-state index < -0.39 is 11.9 Å². The lowest BCUT2D eigenvalue weighted by atomic mass is 10.0. The van der Waals surface area contributed by atoms with Crippen molar-refractivity contribution in [1.29, 1.82) is 0 Å². The summed E-state index contributed by atoms with van der Waals surface area (Å²) in [6.45, 7) is 3.37. The lowest BCUT2D eigenvalue weighted by Gasteiger charge is -2.15. The fourth-order valence-electron chi connectivity index (χ4n) is 2.33. The van der Waals surface area contributed by atoms with Gasteiger partial charge >= 0.3 is 5.97 Å². The van der Waals surface area contributed by atoms with Crippen LogP contribution in [0.5, 0.6) is 0 Å². The van der Waals surface area contributed by atoms with Gasteiger partial charge in [0.05, 0.1) is 24.5 Å². The minimum Gasteiger partial charge on any atom is -0.465 e. The molecule has 1 aromatic rings. The van der Waals surface area contributed by atoms with Crippen LogP contribution in [-0.4, -0.2) is 38.2 Å². The maximum Gasteiger partial charge on any atom is 0.350 e. The number of nitrogens with one attached hydrogen (secondary N) is 1. The first-order valence-corrected chi connectivity index (χ1v) is 7.43. The van der Waals surface area contributed by atoms with E-state index in [4.69, 9.17) is 16.2 Å². The van der Waals surface area contributed by atoms with Crippen molar-refractivity contribution in [3.63, 3.8) is 0 Å². The molecule has 0 bridgehead atoms. The zero-order chi connectivity index (χ0) is 15.6. The lowest BCUT2D eigenvalue weighted by Crippen LogP contribution is -2.22. The first kappa shape index (κ1) is 15.6. The number of hydrogen-bond donors (Lipinski definition) is 3. The number of anilines is 2. The molecule has 1 aromatic heterocycles. The highest BCUT2D eigenvalue weighted by Crippen LogP contribution is 2.36. The van der Waals surface area contributed by atoms with E-state index >= 15 is 0 Å². The van der Waals surface area contributed by atoms with E-state index in [0.717, 1.165) is 24.4 Å². The van der Waals surface area contributed by atoms with Crippen LogP contribution in [-0.2, 0) is 9.47 Å². The smallest absolute Gasteiger partial charge is 0.350 e. The second kappa shape index (κ2) is 6.31. The number of hydrogen-bond acceptors (Lipinski definition) is 7. The summed E-state index contributed by atoms with van der Waals surface area (Å²) in [5, 5.41) is 3.66. The second-order valence-corrected chi connectivity index (χ2v) is 5.93. The normalized spacial score (nSPS) is 21.2. The van der Waals surface area contributed by atoms with E-state index in [1.807, 2.05) is 6.92 Å². The molecular formula is C13H19N3O4S. The van der Waals surface area contributed by atoms with Crippen LogP contribution in [0.2, 0.25) is 0 Å². The number of amides is 1. The highest BCUT2D eigenvalue weighted by molar-refractivity contribution is 7.19. The molecule has 0 spiro atoms. The van der Waals surface area contributed by atoms with Crippen molar-refractivity contribution in [2.24, 2.45) is 11.7 Å². The van der Waals surface area contributed by atoms with Gasteiger partial charge in [0.25, 0.3) is 5.91 Å². The number of primary amides is 1. The van der Waals surface area contributed by atoms with E-state index in [2.05, 4.69) is 10.1 Å². The Hall–Kier alpha value is -1.80. The van der Waals surface area contributed by atoms with Crippen LogP contribution in [0.15, 0.2) is 0 Å². The predicted octanol–water partition coefficient (Wildman–Crippen LogP) is 1.05. The van der Waals surface area contributed by atoms with Crippen molar-refractivity contribution >= 4 is 33.9 Å². The van der Waals surface area contributed by atoms with Crippen LogP contribution in [0, 0.1) is 5.92 Å². The summed E-state index contributed by atoms with van der Waals surface area (Å²) in [5.41, 5.74) is 11.4. The van der Waals surface area contributed by atoms with Crippen molar-refractivity contribution < 1.29 is 19.1 Å². The third-order valence-corrected chi connectivity index (χ3v) is 4.76. The fraction of sp³-hybridized carbons (Fsp3) is 0.538. The minimum absolute atomic E-state index is 0.0672. The number of carbonyl (C=O) groups excluding carboxylic acids is 2. The summed E-state index contributed by atoms with van der Waals surface area (Å²) in [6.07, 6.45) is 1.11. The van der Waals surface area contributed by atoms with E-state index in [0.29, 0.717) is 17.5 Å². The summed E-state index contributed by atoms with van der Waals surface area (Å²) in [6, 6.07) is 0. The summed E-state index contributed by atoms with van der Waals surface area (Å²) < 4.78 is 10.1. The van der Waals surface area contributed by atoms with Crippen LogP contribution < -0.4 is 16.8 Å². The van der Waals surface area contributed by atoms with Gasteiger partial charge in [-0.05, 0) is 13.3 Å². The number of nitrogens with two attached hydrogens (primary N) is 2. The molecule has 2 unspecified atom stereocenters. The molecule has 8 heteroatoms. The fourth-order valence-corrected chi connectivity index (χ4v) is 3.38. The average Bonchev–Trinajstić information content (AvgIpc) is 2.99.